The standard InChI is InChI=1S/C22H20ClN5OS/c1-3-7-17-14(2)26-22-24-13-25-28(22)21(17)30-19-11-5-4-10-18(19)27-20(29)15-8-6-9-16(23)12-15/h4-6,8-13H,3,7H2,1-2H3,(H,27,29). The second kappa shape index (κ2) is 8.85. The van der Waals surface area contributed by atoms with Crippen molar-refractivity contribution in [2.45, 2.75) is 36.6 Å². The lowest BCUT2D eigenvalue weighted by Gasteiger charge is -2.15. The Kier molecular flexibility index (Phi) is 6.01. The summed E-state index contributed by atoms with van der Waals surface area (Å²) in [5, 5.41) is 8.85. The molecule has 4 aromatic rings. The van der Waals surface area contributed by atoms with Gasteiger partial charge in [-0.3, -0.25) is 4.79 Å². The summed E-state index contributed by atoms with van der Waals surface area (Å²) in [6.45, 7) is 4.13. The van der Waals surface area contributed by atoms with E-state index in [4.69, 9.17) is 11.6 Å². The molecule has 4 rings (SSSR count). The van der Waals surface area contributed by atoms with Crippen LogP contribution in [0.4, 0.5) is 5.69 Å². The maximum absolute atomic E-state index is 12.7. The molecule has 0 saturated heterocycles. The van der Waals surface area contributed by atoms with E-state index in [9.17, 15) is 4.79 Å². The molecule has 30 heavy (non-hydrogen) atoms. The molecule has 0 aliphatic rings. The Labute approximate surface area is 183 Å². The number of halogens is 1. The van der Waals surface area contributed by atoms with Crippen molar-refractivity contribution in [3.8, 4) is 0 Å². The Morgan fingerprint density at radius 1 is 1.20 bits per heavy atom. The minimum absolute atomic E-state index is 0.212. The van der Waals surface area contributed by atoms with Crippen LogP contribution in [0.15, 0.2) is 64.8 Å². The highest BCUT2D eigenvalue weighted by Crippen LogP contribution is 2.36. The topological polar surface area (TPSA) is 72.2 Å². The predicted octanol–water partition coefficient (Wildman–Crippen LogP) is 5.44. The average Bonchev–Trinajstić information content (AvgIpc) is 3.20. The Hall–Kier alpha value is -2.90. The summed E-state index contributed by atoms with van der Waals surface area (Å²) in [6, 6.07) is 14.6. The first-order chi connectivity index (χ1) is 14.6. The molecule has 0 spiro atoms. The number of nitrogens with one attached hydrogen (secondary N) is 1. The summed E-state index contributed by atoms with van der Waals surface area (Å²) in [5.74, 6) is 0.353. The second-order valence-corrected chi connectivity index (χ2v) is 8.23. The number of hydrogen-bond donors (Lipinski definition) is 1. The molecule has 152 valence electrons. The largest absolute Gasteiger partial charge is 0.321 e. The van der Waals surface area contributed by atoms with E-state index in [1.807, 2.05) is 31.2 Å². The van der Waals surface area contributed by atoms with Crippen LogP contribution < -0.4 is 5.32 Å². The smallest absolute Gasteiger partial charge is 0.255 e. The van der Waals surface area contributed by atoms with Gasteiger partial charge in [0.1, 0.15) is 11.4 Å². The second-order valence-electron chi connectivity index (χ2n) is 6.77. The van der Waals surface area contributed by atoms with Crippen molar-refractivity contribution in [3.05, 3.63) is 76.7 Å². The molecule has 2 aromatic carbocycles. The molecule has 0 atom stereocenters. The number of benzene rings is 2. The lowest BCUT2D eigenvalue weighted by Crippen LogP contribution is -2.12. The minimum atomic E-state index is -0.212. The fourth-order valence-corrected chi connectivity index (χ4v) is 4.55. The number of amides is 1. The van der Waals surface area contributed by atoms with Gasteiger partial charge in [-0.1, -0.05) is 54.9 Å². The van der Waals surface area contributed by atoms with Crippen LogP contribution in [0.5, 0.6) is 0 Å². The molecule has 2 heterocycles. The van der Waals surface area contributed by atoms with Gasteiger partial charge in [-0.2, -0.15) is 14.6 Å². The molecular formula is C22H20ClN5OS. The van der Waals surface area contributed by atoms with E-state index in [0.29, 0.717) is 16.4 Å². The van der Waals surface area contributed by atoms with Crippen molar-refractivity contribution in [1.82, 2.24) is 19.6 Å². The average molecular weight is 438 g/mol. The fraction of sp³-hybridized carbons (Fsp3) is 0.182. The number of fused-ring (bicyclic) bond motifs is 1. The van der Waals surface area contributed by atoms with Crippen molar-refractivity contribution < 1.29 is 4.79 Å². The number of para-hydroxylation sites is 1. The third kappa shape index (κ3) is 4.17. The summed E-state index contributed by atoms with van der Waals surface area (Å²) in [4.78, 5) is 22.5. The van der Waals surface area contributed by atoms with Crippen molar-refractivity contribution in [2.75, 3.05) is 5.32 Å². The minimum Gasteiger partial charge on any atom is -0.321 e. The van der Waals surface area contributed by atoms with E-state index in [1.54, 1.807) is 40.5 Å². The molecule has 0 unspecified atom stereocenters. The Bertz CT molecular complexity index is 1220. The normalized spacial score (nSPS) is 11.0. The number of rotatable bonds is 6. The van der Waals surface area contributed by atoms with Gasteiger partial charge in [0.05, 0.1) is 5.69 Å². The lowest BCUT2D eigenvalue weighted by atomic mass is 10.1. The van der Waals surface area contributed by atoms with Crippen molar-refractivity contribution in [3.63, 3.8) is 0 Å². The summed E-state index contributed by atoms with van der Waals surface area (Å²) in [5.41, 5.74) is 3.31. The molecule has 0 radical (unpaired) electrons. The van der Waals surface area contributed by atoms with Crippen LogP contribution in [0.25, 0.3) is 5.78 Å². The van der Waals surface area contributed by atoms with E-state index < -0.39 is 0 Å². The van der Waals surface area contributed by atoms with Gasteiger partial charge in [0.25, 0.3) is 11.7 Å². The predicted molar refractivity (Wildman–Crippen MR) is 119 cm³/mol. The third-order valence-electron chi connectivity index (χ3n) is 4.61. The quantitative estimate of drug-likeness (QED) is 0.406. The van der Waals surface area contributed by atoms with Crippen molar-refractivity contribution >= 4 is 40.7 Å². The fourth-order valence-electron chi connectivity index (χ4n) is 3.18. The van der Waals surface area contributed by atoms with Crippen LogP contribution in [0.3, 0.4) is 0 Å². The molecule has 0 bridgehead atoms. The van der Waals surface area contributed by atoms with E-state index >= 15 is 0 Å². The summed E-state index contributed by atoms with van der Waals surface area (Å²) >= 11 is 7.58. The number of aryl methyl sites for hydroxylation is 1. The van der Waals surface area contributed by atoms with Gasteiger partial charge in [-0.25, -0.2) is 4.98 Å². The zero-order valence-electron chi connectivity index (χ0n) is 16.6. The number of anilines is 1. The maximum Gasteiger partial charge on any atom is 0.255 e. The SMILES string of the molecule is CCCc1c(C)nc2ncnn2c1Sc1ccccc1NC(=O)c1cccc(Cl)c1. The van der Waals surface area contributed by atoms with Crippen LogP contribution in [-0.2, 0) is 6.42 Å². The first-order valence-corrected chi connectivity index (χ1v) is 10.8. The Morgan fingerprint density at radius 3 is 2.83 bits per heavy atom. The molecule has 1 amide bonds. The Morgan fingerprint density at radius 2 is 2.03 bits per heavy atom. The van der Waals surface area contributed by atoms with Gasteiger partial charge < -0.3 is 5.32 Å². The monoisotopic (exact) mass is 437 g/mol. The number of nitrogens with zero attached hydrogens (tertiary/aromatic N) is 4. The van der Waals surface area contributed by atoms with Gasteiger partial charge in [0, 0.05) is 26.7 Å². The van der Waals surface area contributed by atoms with Crippen LogP contribution in [-0.4, -0.2) is 25.5 Å². The van der Waals surface area contributed by atoms with E-state index in [-0.39, 0.29) is 5.91 Å². The molecule has 0 aliphatic heterocycles. The van der Waals surface area contributed by atoms with Crippen molar-refractivity contribution in [2.24, 2.45) is 0 Å². The molecule has 1 N–H and O–H groups in total. The number of hydrogen-bond acceptors (Lipinski definition) is 5. The molecular weight excluding hydrogens is 418 g/mol. The van der Waals surface area contributed by atoms with E-state index in [2.05, 4.69) is 27.3 Å². The highest BCUT2D eigenvalue weighted by atomic mass is 35.5. The first-order valence-electron chi connectivity index (χ1n) is 9.60. The summed E-state index contributed by atoms with van der Waals surface area (Å²) < 4.78 is 1.76. The molecule has 8 heteroatoms. The number of carbonyl (C=O) groups is 1. The van der Waals surface area contributed by atoms with Gasteiger partial charge in [-0.15, -0.1) is 0 Å². The van der Waals surface area contributed by atoms with Gasteiger partial charge in [-0.05, 0) is 43.7 Å². The first kappa shape index (κ1) is 20.4. The summed E-state index contributed by atoms with van der Waals surface area (Å²) in [7, 11) is 0. The zero-order valence-corrected chi connectivity index (χ0v) is 18.2. The maximum atomic E-state index is 12.7. The van der Waals surface area contributed by atoms with Crippen LogP contribution in [0.1, 0.15) is 35.0 Å². The van der Waals surface area contributed by atoms with E-state index in [1.165, 1.54) is 6.33 Å². The third-order valence-corrected chi connectivity index (χ3v) is 6.04. The number of aromatic nitrogens is 4. The van der Waals surface area contributed by atoms with Crippen LogP contribution >= 0.6 is 23.4 Å². The number of carbonyl (C=O) groups excluding carboxylic acids is 1. The summed E-state index contributed by atoms with van der Waals surface area (Å²) in [6.07, 6.45) is 3.38. The molecule has 2 aromatic heterocycles. The molecule has 6 nitrogen and oxygen atoms in total. The molecule has 0 aliphatic carbocycles. The van der Waals surface area contributed by atoms with Crippen LogP contribution in [0, 0.1) is 6.92 Å². The van der Waals surface area contributed by atoms with Crippen molar-refractivity contribution in [1.29, 1.82) is 0 Å². The highest BCUT2D eigenvalue weighted by molar-refractivity contribution is 7.99. The lowest BCUT2D eigenvalue weighted by molar-refractivity contribution is 0.102. The van der Waals surface area contributed by atoms with Gasteiger partial charge in [0.2, 0.25) is 0 Å². The molecule has 0 saturated carbocycles. The van der Waals surface area contributed by atoms with Gasteiger partial charge in [0.15, 0.2) is 0 Å². The Balaban J connectivity index is 1.71. The van der Waals surface area contributed by atoms with Crippen LogP contribution in [0.2, 0.25) is 5.02 Å². The molecule has 0 fully saturated rings. The van der Waals surface area contributed by atoms with E-state index in [0.717, 1.165) is 39.7 Å². The van der Waals surface area contributed by atoms with Gasteiger partial charge >= 0.3 is 0 Å². The highest BCUT2D eigenvalue weighted by Gasteiger charge is 2.17. The zero-order chi connectivity index (χ0) is 21.1.